The second-order valence-electron chi connectivity index (χ2n) is 7.75. The smallest absolute Gasteiger partial charge is 0.237 e. The third-order valence-electron chi connectivity index (χ3n) is 5.64. The zero-order chi connectivity index (χ0) is 16.8. The van der Waals surface area contributed by atoms with E-state index in [0.29, 0.717) is 0 Å². The highest BCUT2D eigenvalue weighted by molar-refractivity contribution is 5.85. The number of likely N-dealkylation sites (tertiary alicyclic amines) is 1. The average Bonchev–Trinajstić information content (AvgIpc) is 2.62. The minimum absolute atomic E-state index is 0. The molecule has 0 spiro atoms. The Morgan fingerprint density at radius 2 is 1.88 bits per heavy atom. The fraction of sp³-hybridized carbons (Fsp3) is 0.650. The van der Waals surface area contributed by atoms with E-state index in [4.69, 9.17) is 0 Å². The molecule has 26 heavy (non-hydrogen) atoms. The molecule has 2 aliphatic heterocycles. The molecule has 1 unspecified atom stereocenters. The van der Waals surface area contributed by atoms with Crippen molar-refractivity contribution < 1.29 is 4.79 Å². The Morgan fingerprint density at radius 1 is 1.19 bits per heavy atom. The van der Waals surface area contributed by atoms with Crippen molar-refractivity contribution in [2.45, 2.75) is 51.6 Å². The number of halogens is 2. The first-order valence-corrected chi connectivity index (χ1v) is 9.43. The molecule has 2 N–H and O–H groups in total. The molecule has 1 aromatic carbocycles. The fourth-order valence-electron chi connectivity index (χ4n) is 3.92. The molecule has 1 amide bonds. The van der Waals surface area contributed by atoms with Gasteiger partial charge in [0, 0.05) is 13.1 Å². The lowest BCUT2D eigenvalue weighted by molar-refractivity contribution is -0.128. The normalized spacial score (nSPS) is 22.6. The zero-order valence-corrected chi connectivity index (χ0v) is 17.3. The first kappa shape index (κ1) is 23.2. The minimum Gasteiger partial charge on any atom is -0.354 e. The van der Waals surface area contributed by atoms with Gasteiger partial charge in [0.05, 0.1) is 6.04 Å². The van der Waals surface area contributed by atoms with Crippen molar-refractivity contribution in [3.8, 4) is 0 Å². The summed E-state index contributed by atoms with van der Waals surface area (Å²) in [5.74, 6) is 0.227. The first-order chi connectivity index (χ1) is 11.7. The molecule has 3 rings (SSSR count). The molecule has 6 heteroatoms. The molecule has 2 fully saturated rings. The van der Waals surface area contributed by atoms with Gasteiger partial charge in [-0.15, -0.1) is 24.8 Å². The molecule has 148 valence electrons. The van der Waals surface area contributed by atoms with Gasteiger partial charge in [-0.2, -0.15) is 0 Å². The van der Waals surface area contributed by atoms with Crippen LogP contribution in [0.15, 0.2) is 30.3 Å². The van der Waals surface area contributed by atoms with Gasteiger partial charge >= 0.3 is 0 Å². The quantitative estimate of drug-likeness (QED) is 0.794. The zero-order valence-electron chi connectivity index (χ0n) is 15.7. The van der Waals surface area contributed by atoms with E-state index in [1.54, 1.807) is 0 Å². The number of amides is 1. The van der Waals surface area contributed by atoms with Crippen molar-refractivity contribution in [2.75, 3.05) is 26.2 Å². The molecular weight excluding hydrogens is 369 g/mol. The number of benzene rings is 1. The van der Waals surface area contributed by atoms with Crippen LogP contribution in [0.4, 0.5) is 0 Å². The molecule has 1 aromatic rings. The lowest BCUT2D eigenvalue weighted by atomic mass is 9.81. The van der Waals surface area contributed by atoms with Crippen LogP contribution in [0.1, 0.15) is 44.6 Å². The Balaban J connectivity index is 0.00000169. The van der Waals surface area contributed by atoms with E-state index < -0.39 is 0 Å². The van der Waals surface area contributed by atoms with Crippen LogP contribution in [0.5, 0.6) is 0 Å². The molecule has 0 radical (unpaired) electrons. The van der Waals surface area contributed by atoms with E-state index >= 15 is 0 Å². The summed E-state index contributed by atoms with van der Waals surface area (Å²) >= 11 is 0. The Kier molecular flexibility index (Phi) is 9.94. The van der Waals surface area contributed by atoms with Gasteiger partial charge in [0.25, 0.3) is 0 Å². The molecule has 0 bridgehead atoms. The lowest BCUT2D eigenvalue weighted by Crippen LogP contribution is -2.51. The largest absolute Gasteiger partial charge is 0.354 e. The van der Waals surface area contributed by atoms with Crippen molar-refractivity contribution in [1.82, 2.24) is 15.5 Å². The Bertz CT molecular complexity index is 535. The van der Waals surface area contributed by atoms with Gasteiger partial charge in [-0.25, -0.2) is 0 Å². The summed E-state index contributed by atoms with van der Waals surface area (Å²) in [6, 6.07) is 10.5. The highest BCUT2D eigenvalue weighted by atomic mass is 35.5. The van der Waals surface area contributed by atoms with Crippen LogP contribution in [0, 0.1) is 5.41 Å². The van der Waals surface area contributed by atoms with Gasteiger partial charge < -0.3 is 10.6 Å². The maximum atomic E-state index is 12.8. The van der Waals surface area contributed by atoms with Crippen molar-refractivity contribution >= 4 is 30.7 Å². The summed E-state index contributed by atoms with van der Waals surface area (Å²) in [7, 11) is 0. The van der Waals surface area contributed by atoms with Gasteiger partial charge in [-0.05, 0) is 56.3 Å². The van der Waals surface area contributed by atoms with Crippen LogP contribution < -0.4 is 10.6 Å². The third kappa shape index (κ3) is 6.41. The summed E-state index contributed by atoms with van der Waals surface area (Å²) < 4.78 is 0. The van der Waals surface area contributed by atoms with Gasteiger partial charge in [-0.3, -0.25) is 9.69 Å². The second kappa shape index (κ2) is 11.1. The predicted octanol–water partition coefficient (Wildman–Crippen LogP) is 3.39. The Morgan fingerprint density at radius 3 is 2.58 bits per heavy atom. The minimum atomic E-state index is 0. The molecular formula is C20H33Cl2N3O. The van der Waals surface area contributed by atoms with Crippen LogP contribution in [-0.4, -0.2) is 43.0 Å². The maximum absolute atomic E-state index is 12.8. The predicted molar refractivity (Wildman–Crippen MR) is 112 cm³/mol. The number of hydrogen-bond acceptors (Lipinski definition) is 3. The second-order valence-corrected chi connectivity index (χ2v) is 7.75. The molecule has 4 nitrogen and oxygen atoms in total. The summed E-state index contributed by atoms with van der Waals surface area (Å²) in [6.07, 6.45) is 5.62. The molecule has 1 atom stereocenters. The molecule has 0 saturated carbocycles. The summed E-state index contributed by atoms with van der Waals surface area (Å²) in [5, 5.41) is 6.67. The number of hydrogen-bond donors (Lipinski definition) is 2. The van der Waals surface area contributed by atoms with E-state index in [1.165, 1.54) is 12.0 Å². The maximum Gasteiger partial charge on any atom is 0.237 e. The monoisotopic (exact) mass is 401 g/mol. The van der Waals surface area contributed by atoms with Crippen LogP contribution in [-0.2, 0) is 11.3 Å². The summed E-state index contributed by atoms with van der Waals surface area (Å²) in [4.78, 5) is 15.2. The van der Waals surface area contributed by atoms with Crippen molar-refractivity contribution in [3.05, 3.63) is 35.9 Å². The Labute approximate surface area is 170 Å². The highest BCUT2D eigenvalue weighted by Gasteiger charge is 2.31. The molecule has 0 aliphatic carbocycles. The standard InChI is InChI=1S/C20H31N3O.2ClH/c1-20(10-12-21-13-11-20)16-22-19(24)18-9-5-6-14-23(18)15-17-7-3-2-4-8-17;;/h2-4,7-8,18,21H,5-6,9-16H2,1H3,(H,22,24);2*1H. The summed E-state index contributed by atoms with van der Waals surface area (Å²) in [6.45, 7) is 7.14. The number of piperidine rings is 2. The van der Waals surface area contributed by atoms with Gasteiger partial charge in [-0.1, -0.05) is 43.7 Å². The van der Waals surface area contributed by atoms with Gasteiger partial charge in [0.1, 0.15) is 0 Å². The fourth-order valence-corrected chi connectivity index (χ4v) is 3.92. The van der Waals surface area contributed by atoms with Crippen molar-refractivity contribution in [2.24, 2.45) is 5.41 Å². The number of rotatable bonds is 5. The molecule has 2 heterocycles. The third-order valence-corrected chi connectivity index (χ3v) is 5.64. The van der Waals surface area contributed by atoms with Gasteiger partial charge in [0.2, 0.25) is 5.91 Å². The van der Waals surface area contributed by atoms with E-state index in [-0.39, 0.29) is 42.2 Å². The SMILES string of the molecule is CC1(CNC(=O)C2CCCCN2Cc2ccccc2)CCNCC1.Cl.Cl. The highest BCUT2D eigenvalue weighted by Crippen LogP contribution is 2.27. The van der Waals surface area contributed by atoms with Crippen LogP contribution in [0.2, 0.25) is 0 Å². The molecule has 2 saturated heterocycles. The molecule has 2 aliphatic rings. The molecule has 0 aromatic heterocycles. The first-order valence-electron chi connectivity index (χ1n) is 9.43. The number of carbonyl (C=O) groups excluding carboxylic acids is 1. The van der Waals surface area contributed by atoms with E-state index in [1.807, 2.05) is 6.07 Å². The topological polar surface area (TPSA) is 44.4 Å². The van der Waals surface area contributed by atoms with E-state index in [2.05, 4.69) is 46.7 Å². The van der Waals surface area contributed by atoms with E-state index in [0.717, 1.165) is 58.4 Å². The average molecular weight is 402 g/mol. The van der Waals surface area contributed by atoms with Crippen LogP contribution in [0.3, 0.4) is 0 Å². The Hall–Kier alpha value is -0.810. The number of carbonyl (C=O) groups is 1. The number of nitrogens with one attached hydrogen (secondary N) is 2. The van der Waals surface area contributed by atoms with E-state index in [9.17, 15) is 4.79 Å². The van der Waals surface area contributed by atoms with Crippen LogP contribution in [0.25, 0.3) is 0 Å². The van der Waals surface area contributed by atoms with Gasteiger partial charge in [0.15, 0.2) is 0 Å². The van der Waals surface area contributed by atoms with Crippen LogP contribution >= 0.6 is 24.8 Å². The lowest BCUT2D eigenvalue weighted by Gasteiger charge is -2.37. The summed E-state index contributed by atoms with van der Waals surface area (Å²) in [5.41, 5.74) is 1.54. The number of nitrogens with zero attached hydrogens (tertiary/aromatic N) is 1. The van der Waals surface area contributed by atoms with Crippen molar-refractivity contribution in [1.29, 1.82) is 0 Å². The van der Waals surface area contributed by atoms with Crippen molar-refractivity contribution in [3.63, 3.8) is 0 Å².